The third-order valence-corrected chi connectivity index (χ3v) is 2.58. The fraction of sp³-hybridized carbons (Fsp3) is 0.769. The van der Waals surface area contributed by atoms with Gasteiger partial charge in [0.05, 0.1) is 6.21 Å². The summed E-state index contributed by atoms with van der Waals surface area (Å²) in [5.74, 6) is 1.54. The van der Waals surface area contributed by atoms with E-state index < -0.39 is 0 Å². The van der Waals surface area contributed by atoms with Crippen LogP contribution >= 0.6 is 0 Å². The molecule has 0 aliphatic heterocycles. The zero-order valence-corrected chi connectivity index (χ0v) is 10.5. The molecule has 0 aliphatic carbocycles. The first-order chi connectivity index (χ1) is 7.06. The SMILES string of the molecule is CC(C=NO)=CCC(C)CCCC(C)C. The number of hydrogen-bond acceptors (Lipinski definition) is 2. The molecule has 1 unspecified atom stereocenters. The van der Waals surface area contributed by atoms with E-state index in [0.29, 0.717) is 0 Å². The average Bonchev–Trinajstić information content (AvgIpc) is 2.14. The molecule has 0 saturated heterocycles. The first kappa shape index (κ1) is 14.2. The summed E-state index contributed by atoms with van der Waals surface area (Å²) in [4.78, 5) is 0. The Morgan fingerprint density at radius 2 is 1.93 bits per heavy atom. The maximum atomic E-state index is 8.33. The Morgan fingerprint density at radius 3 is 2.47 bits per heavy atom. The van der Waals surface area contributed by atoms with Gasteiger partial charge in [-0.2, -0.15) is 0 Å². The van der Waals surface area contributed by atoms with Gasteiger partial charge < -0.3 is 5.21 Å². The fourth-order valence-corrected chi connectivity index (χ4v) is 1.52. The van der Waals surface area contributed by atoms with Gasteiger partial charge in [-0.3, -0.25) is 0 Å². The summed E-state index contributed by atoms with van der Waals surface area (Å²) < 4.78 is 0. The Kier molecular flexibility index (Phi) is 8.06. The summed E-state index contributed by atoms with van der Waals surface area (Å²) in [6.45, 7) is 8.78. The Hall–Kier alpha value is -0.790. The first-order valence-electron chi connectivity index (χ1n) is 5.90. The van der Waals surface area contributed by atoms with Gasteiger partial charge in [0.15, 0.2) is 0 Å². The van der Waals surface area contributed by atoms with Crippen LogP contribution in [-0.2, 0) is 0 Å². The molecule has 0 rings (SSSR count). The molecule has 1 N–H and O–H groups in total. The van der Waals surface area contributed by atoms with E-state index in [1.165, 1.54) is 25.5 Å². The second-order valence-corrected chi connectivity index (χ2v) is 4.86. The van der Waals surface area contributed by atoms with Gasteiger partial charge in [-0.25, -0.2) is 0 Å². The van der Waals surface area contributed by atoms with Crippen LogP contribution in [0.5, 0.6) is 0 Å². The molecule has 0 radical (unpaired) electrons. The van der Waals surface area contributed by atoms with Crippen LogP contribution in [0.15, 0.2) is 16.8 Å². The summed E-state index contributed by atoms with van der Waals surface area (Å²) in [6.07, 6.45) is 8.64. The molecule has 0 amide bonds. The predicted molar refractivity (Wildman–Crippen MR) is 66.5 cm³/mol. The number of rotatable bonds is 7. The van der Waals surface area contributed by atoms with Crippen LogP contribution in [0, 0.1) is 11.8 Å². The summed E-state index contributed by atoms with van der Waals surface area (Å²) in [5, 5.41) is 11.3. The maximum absolute atomic E-state index is 8.33. The molecule has 1 atom stereocenters. The number of nitrogens with zero attached hydrogens (tertiary/aromatic N) is 1. The van der Waals surface area contributed by atoms with Crippen molar-refractivity contribution in [2.45, 2.75) is 53.4 Å². The molecule has 0 saturated carbocycles. The molecule has 0 aromatic heterocycles. The fourth-order valence-electron chi connectivity index (χ4n) is 1.52. The highest BCUT2D eigenvalue weighted by atomic mass is 16.4. The van der Waals surface area contributed by atoms with Crippen molar-refractivity contribution in [3.05, 3.63) is 11.6 Å². The van der Waals surface area contributed by atoms with E-state index in [1.807, 2.05) is 6.92 Å². The minimum absolute atomic E-state index is 0.728. The number of allylic oxidation sites excluding steroid dienone is 2. The van der Waals surface area contributed by atoms with Gasteiger partial charge in [-0.05, 0) is 30.8 Å². The molecule has 0 bridgehead atoms. The van der Waals surface area contributed by atoms with E-state index in [1.54, 1.807) is 0 Å². The van der Waals surface area contributed by atoms with E-state index in [4.69, 9.17) is 5.21 Å². The van der Waals surface area contributed by atoms with Gasteiger partial charge >= 0.3 is 0 Å². The average molecular weight is 211 g/mol. The standard InChI is InChI=1S/C13H25NO/c1-11(2)6-5-7-12(3)8-9-13(4)10-14-15/h9-12,15H,5-8H2,1-4H3. The van der Waals surface area contributed by atoms with Gasteiger partial charge in [-0.15, -0.1) is 0 Å². The van der Waals surface area contributed by atoms with Crippen molar-refractivity contribution in [3.8, 4) is 0 Å². The lowest BCUT2D eigenvalue weighted by Gasteiger charge is -2.10. The molecule has 0 fully saturated rings. The van der Waals surface area contributed by atoms with Crippen molar-refractivity contribution in [1.29, 1.82) is 0 Å². The molecular formula is C13H25NO. The highest BCUT2D eigenvalue weighted by Gasteiger charge is 2.01. The molecule has 0 aliphatic rings. The van der Waals surface area contributed by atoms with Crippen molar-refractivity contribution >= 4 is 6.21 Å². The molecular weight excluding hydrogens is 186 g/mol. The van der Waals surface area contributed by atoms with Crippen LogP contribution < -0.4 is 0 Å². The molecule has 15 heavy (non-hydrogen) atoms. The van der Waals surface area contributed by atoms with Gasteiger partial charge in [0, 0.05) is 0 Å². The van der Waals surface area contributed by atoms with Crippen molar-refractivity contribution in [2.24, 2.45) is 17.0 Å². The molecule has 0 spiro atoms. The van der Waals surface area contributed by atoms with Gasteiger partial charge in [-0.1, -0.05) is 51.3 Å². The van der Waals surface area contributed by atoms with Crippen LogP contribution in [0.4, 0.5) is 0 Å². The van der Waals surface area contributed by atoms with Crippen LogP contribution in [-0.4, -0.2) is 11.4 Å². The summed E-state index contributed by atoms with van der Waals surface area (Å²) >= 11 is 0. The zero-order valence-electron chi connectivity index (χ0n) is 10.5. The van der Waals surface area contributed by atoms with Crippen LogP contribution in [0.2, 0.25) is 0 Å². The van der Waals surface area contributed by atoms with Gasteiger partial charge in [0.1, 0.15) is 0 Å². The molecule has 2 nitrogen and oxygen atoms in total. The van der Waals surface area contributed by atoms with Gasteiger partial charge in [0.25, 0.3) is 0 Å². The normalized spacial score (nSPS) is 15.1. The molecule has 0 aromatic carbocycles. The van der Waals surface area contributed by atoms with E-state index in [2.05, 4.69) is 32.0 Å². The highest BCUT2D eigenvalue weighted by Crippen LogP contribution is 2.16. The van der Waals surface area contributed by atoms with Crippen molar-refractivity contribution in [3.63, 3.8) is 0 Å². The zero-order chi connectivity index (χ0) is 11.7. The van der Waals surface area contributed by atoms with E-state index >= 15 is 0 Å². The van der Waals surface area contributed by atoms with E-state index in [0.717, 1.165) is 23.8 Å². The molecule has 0 heterocycles. The maximum Gasteiger partial charge on any atom is 0.0687 e. The van der Waals surface area contributed by atoms with E-state index in [9.17, 15) is 0 Å². The summed E-state index contributed by atoms with van der Waals surface area (Å²) in [6, 6.07) is 0. The van der Waals surface area contributed by atoms with Crippen molar-refractivity contribution in [1.82, 2.24) is 0 Å². The monoisotopic (exact) mass is 211 g/mol. The Balaban J connectivity index is 3.65. The second kappa shape index (κ2) is 8.51. The minimum atomic E-state index is 0.728. The lowest BCUT2D eigenvalue weighted by atomic mass is 9.96. The molecule has 88 valence electrons. The Labute approximate surface area is 94.1 Å². The third kappa shape index (κ3) is 9.51. The summed E-state index contributed by atoms with van der Waals surface area (Å²) in [7, 11) is 0. The van der Waals surface area contributed by atoms with Gasteiger partial charge in [0.2, 0.25) is 0 Å². The van der Waals surface area contributed by atoms with Crippen LogP contribution in [0.25, 0.3) is 0 Å². The second-order valence-electron chi connectivity index (χ2n) is 4.86. The predicted octanol–water partition coefficient (Wildman–Crippen LogP) is 4.25. The van der Waals surface area contributed by atoms with Crippen molar-refractivity contribution in [2.75, 3.05) is 0 Å². The van der Waals surface area contributed by atoms with E-state index in [-0.39, 0.29) is 0 Å². The Morgan fingerprint density at radius 1 is 1.27 bits per heavy atom. The van der Waals surface area contributed by atoms with Crippen molar-refractivity contribution < 1.29 is 5.21 Å². The number of oxime groups is 1. The third-order valence-electron chi connectivity index (χ3n) is 2.58. The topological polar surface area (TPSA) is 32.6 Å². The molecule has 0 aromatic rings. The smallest absolute Gasteiger partial charge is 0.0687 e. The van der Waals surface area contributed by atoms with Crippen LogP contribution in [0.3, 0.4) is 0 Å². The first-order valence-corrected chi connectivity index (χ1v) is 5.90. The molecule has 2 heteroatoms. The lowest BCUT2D eigenvalue weighted by Crippen LogP contribution is -1.95. The largest absolute Gasteiger partial charge is 0.411 e. The Bertz CT molecular complexity index is 207. The highest BCUT2D eigenvalue weighted by molar-refractivity contribution is 5.76. The quantitative estimate of drug-likeness (QED) is 0.381. The summed E-state index contributed by atoms with van der Waals surface area (Å²) in [5.41, 5.74) is 1.04. The number of hydrogen-bond donors (Lipinski definition) is 1. The van der Waals surface area contributed by atoms with Crippen LogP contribution in [0.1, 0.15) is 53.4 Å². The lowest BCUT2D eigenvalue weighted by molar-refractivity contribution is 0.321. The minimum Gasteiger partial charge on any atom is -0.411 e.